The maximum absolute atomic E-state index is 12.6. The van der Waals surface area contributed by atoms with Gasteiger partial charge in [-0.2, -0.15) is 4.98 Å². The second kappa shape index (κ2) is 7.57. The fraction of sp³-hybridized carbons (Fsp3) is 0.591. The number of hydrogen-bond donors (Lipinski definition) is 0. The van der Waals surface area contributed by atoms with Gasteiger partial charge in [0, 0.05) is 49.3 Å². The summed E-state index contributed by atoms with van der Waals surface area (Å²) in [6.45, 7) is 3.44. The summed E-state index contributed by atoms with van der Waals surface area (Å²) in [5.74, 6) is 2.59. The normalized spacial score (nSPS) is 21.1. The first-order valence-corrected chi connectivity index (χ1v) is 10.8. The Labute approximate surface area is 165 Å². The van der Waals surface area contributed by atoms with E-state index in [0.29, 0.717) is 17.6 Å². The lowest BCUT2D eigenvalue weighted by molar-refractivity contribution is -0.135. The van der Waals surface area contributed by atoms with Crippen LogP contribution in [0.2, 0.25) is 0 Å². The lowest BCUT2D eigenvalue weighted by Crippen LogP contribution is -2.50. The average molecular weight is 380 g/mol. The number of nitrogens with zero attached hydrogens (tertiary/aromatic N) is 4. The number of rotatable bonds is 4. The summed E-state index contributed by atoms with van der Waals surface area (Å²) in [4.78, 5) is 21.6. The van der Waals surface area contributed by atoms with Gasteiger partial charge in [0.25, 0.3) is 0 Å². The number of piperazine rings is 1. The van der Waals surface area contributed by atoms with Crippen LogP contribution in [0.5, 0.6) is 0 Å². The molecule has 2 aromatic rings. The van der Waals surface area contributed by atoms with Crippen LogP contribution in [0, 0.1) is 5.92 Å². The molecule has 6 heteroatoms. The van der Waals surface area contributed by atoms with Crippen molar-refractivity contribution in [2.24, 2.45) is 5.92 Å². The third kappa shape index (κ3) is 3.40. The first-order valence-electron chi connectivity index (χ1n) is 10.8. The molecule has 1 aromatic heterocycles. The number of carbonyl (C=O) groups is 1. The van der Waals surface area contributed by atoms with Crippen LogP contribution in [-0.2, 0) is 4.79 Å². The van der Waals surface area contributed by atoms with E-state index in [9.17, 15) is 4.79 Å². The molecule has 2 heterocycles. The standard InChI is InChI=1S/C22H28N4O2/c27-22(18-4-1-2-5-18)26-14-12-25(13-15-26)19-10-8-16(9-11-19)20-23-21(28-24-20)17-6-3-7-17/h8-11,17-18H,1-7,12-15H2. The third-order valence-electron chi connectivity index (χ3n) is 6.68. The van der Waals surface area contributed by atoms with Gasteiger partial charge in [0.1, 0.15) is 0 Å². The predicted molar refractivity (Wildman–Crippen MR) is 107 cm³/mol. The van der Waals surface area contributed by atoms with E-state index in [2.05, 4.69) is 44.2 Å². The van der Waals surface area contributed by atoms with Crippen molar-refractivity contribution in [3.8, 4) is 11.4 Å². The highest BCUT2D eigenvalue weighted by atomic mass is 16.5. The molecule has 0 bridgehead atoms. The van der Waals surface area contributed by atoms with Gasteiger partial charge in [-0.1, -0.05) is 24.4 Å². The Morgan fingerprint density at radius 1 is 0.929 bits per heavy atom. The quantitative estimate of drug-likeness (QED) is 0.806. The van der Waals surface area contributed by atoms with Crippen LogP contribution in [0.1, 0.15) is 56.8 Å². The summed E-state index contributed by atoms with van der Waals surface area (Å²) >= 11 is 0. The maximum atomic E-state index is 12.6. The first-order chi connectivity index (χ1) is 13.8. The van der Waals surface area contributed by atoms with E-state index in [0.717, 1.165) is 63.3 Å². The third-order valence-corrected chi connectivity index (χ3v) is 6.68. The maximum Gasteiger partial charge on any atom is 0.230 e. The van der Waals surface area contributed by atoms with Gasteiger partial charge in [0.2, 0.25) is 17.6 Å². The molecule has 0 atom stereocenters. The molecule has 3 fully saturated rings. The largest absolute Gasteiger partial charge is 0.368 e. The molecule has 1 amide bonds. The van der Waals surface area contributed by atoms with Gasteiger partial charge in [-0.3, -0.25) is 4.79 Å². The van der Waals surface area contributed by atoms with Crippen molar-refractivity contribution in [1.29, 1.82) is 0 Å². The van der Waals surface area contributed by atoms with Gasteiger partial charge >= 0.3 is 0 Å². The van der Waals surface area contributed by atoms with Crippen molar-refractivity contribution >= 4 is 11.6 Å². The van der Waals surface area contributed by atoms with Crippen LogP contribution in [0.25, 0.3) is 11.4 Å². The van der Waals surface area contributed by atoms with Gasteiger partial charge in [-0.05, 0) is 49.9 Å². The molecule has 0 radical (unpaired) electrons. The van der Waals surface area contributed by atoms with Crippen molar-refractivity contribution in [3.05, 3.63) is 30.2 Å². The summed E-state index contributed by atoms with van der Waals surface area (Å²) in [5.41, 5.74) is 2.19. The SMILES string of the molecule is O=C(C1CCCC1)N1CCN(c2ccc(-c3noc(C4CCC4)n3)cc2)CC1. The van der Waals surface area contributed by atoms with Crippen molar-refractivity contribution in [1.82, 2.24) is 15.0 Å². The molecule has 3 aliphatic rings. The monoisotopic (exact) mass is 380 g/mol. The minimum Gasteiger partial charge on any atom is -0.368 e. The van der Waals surface area contributed by atoms with Gasteiger partial charge in [-0.25, -0.2) is 0 Å². The summed E-state index contributed by atoms with van der Waals surface area (Å²) in [5, 5.41) is 4.15. The zero-order valence-electron chi connectivity index (χ0n) is 16.3. The van der Waals surface area contributed by atoms with Crippen molar-refractivity contribution in [2.75, 3.05) is 31.1 Å². The van der Waals surface area contributed by atoms with Gasteiger partial charge in [-0.15, -0.1) is 0 Å². The molecule has 6 nitrogen and oxygen atoms in total. The van der Waals surface area contributed by atoms with E-state index in [1.54, 1.807) is 0 Å². The Kier molecular flexibility index (Phi) is 4.79. The molecule has 2 aliphatic carbocycles. The van der Waals surface area contributed by atoms with Crippen LogP contribution in [-0.4, -0.2) is 47.1 Å². The number of carbonyl (C=O) groups excluding carboxylic acids is 1. The number of anilines is 1. The van der Waals surface area contributed by atoms with Crippen LogP contribution in [0.3, 0.4) is 0 Å². The summed E-state index contributed by atoms with van der Waals surface area (Å²) < 4.78 is 5.44. The Hall–Kier alpha value is -2.37. The molecule has 0 spiro atoms. The van der Waals surface area contributed by atoms with Gasteiger partial charge in [0.05, 0.1) is 0 Å². The van der Waals surface area contributed by atoms with Crippen molar-refractivity contribution in [2.45, 2.75) is 50.9 Å². The van der Waals surface area contributed by atoms with E-state index in [4.69, 9.17) is 4.52 Å². The highest BCUT2D eigenvalue weighted by molar-refractivity contribution is 5.79. The fourth-order valence-corrected chi connectivity index (χ4v) is 4.61. The second-order valence-electron chi connectivity index (χ2n) is 8.42. The first kappa shape index (κ1) is 17.7. The number of amides is 1. The molecule has 0 unspecified atom stereocenters. The fourth-order valence-electron chi connectivity index (χ4n) is 4.61. The smallest absolute Gasteiger partial charge is 0.230 e. The molecule has 1 saturated heterocycles. The zero-order chi connectivity index (χ0) is 18.9. The van der Waals surface area contributed by atoms with Crippen LogP contribution in [0.4, 0.5) is 5.69 Å². The Balaban J connectivity index is 1.19. The second-order valence-corrected chi connectivity index (χ2v) is 8.42. The molecular weight excluding hydrogens is 352 g/mol. The minimum absolute atomic E-state index is 0.283. The molecular formula is C22H28N4O2. The van der Waals surface area contributed by atoms with E-state index in [1.165, 1.54) is 24.9 Å². The van der Waals surface area contributed by atoms with E-state index >= 15 is 0 Å². The summed E-state index contributed by atoms with van der Waals surface area (Å²) in [6, 6.07) is 8.40. The molecule has 1 aromatic carbocycles. The zero-order valence-corrected chi connectivity index (χ0v) is 16.3. The topological polar surface area (TPSA) is 62.5 Å². The number of benzene rings is 1. The highest BCUT2D eigenvalue weighted by Gasteiger charge is 2.29. The Morgan fingerprint density at radius 2 is 1.64 bits per heavy atom. The van der Waals surface area contributed by atoms with Crippen LogP contribution < -0.4 is 4.90 Å². The Bertz CT molecular complexity index is 813. The summed E-state index contributed by atoms with van der Waals surface area (Å²) in [7, 11) is 0. The lowest BCUT2D eigenvalue weighted by atomic mass is 9.85. The number of aromatic nitrogens is 2. The van der Waals surface area contributed by atoms with Gasteiger partial charge in [0.15, 0.2) is 0 Å². The molecule has 2 saturated carbocycles. The minimum atomic E-state index is 0.283. The van der Waals surface area contributed by atoms with E-state index in [-0.39, 0.29) is 5.92 Å². The van der Waals surface area contributed by atoms with Crippen molar-refractivity contribution < 1.29 is 9.32 Å². The number of hydrogen-bond acceptors (Lipinski definition) is 5. The summed E-state index contributed by atoms with van der Waals surface area (Å²) in [6.07, 6.45) is 8.18. The molecule has 5 rings (SSSR count). The molecule has 1 aliphatic heterocycles. The predicted octanol–water partition coefficient (Wildman–Crippen LogP) is 3.84. The molecule has 28 heavy (non-hydrogen) atoms. The molecule has 148 valence electrons. The van der Waals surface area contributed by atoms with Crippen LogP contribution in [0.15, 0.2) is 28.8 Å². The van der Waals surface area contributed by atoms with Crippen molar-refractivity contribution in [3.63, 3.8) is 0 Å². The van der Waals surface area contributed by atoms with Gasteiger partial charge < -0.3 is 14.3 Å². The average Bonchev–Trinajstić information content (AvgIpc) is 3.39. The molecule has 0 N–H and O–H groups in total. The Morgan fingerprint density at radius 3 is 2.29 bits per heavy atom. The lowest BCUT2D eigenvalue weighted by Gasteiger charge is -2.37. The highest BCUT2D eigenvalue weighted by Crippen LogP contribution is 2.36. The van der Waals surface area contributed by atoms with E-state index in [1.807, 2.05) is 0 Å². The van der Waals surface area contributed by atoms with E-state index < -0.39 is 0 Å². The van der Waals surface area contributed by atoms with Crippen LogP contribution >= 0.6 is 0 Å².